The van der Waals surface area contributed by atoms with Gasteiger partial charge in [-0.15, -0.1) is 0 Å². The van der Waals surface area contributed by atoms with Gasteiger partial charge in [-0.1, -0.05) is 27.2 Å². The van der Waals surface area contributed by atoms with Gasteiger partial charge in [-0.3, -0.25) is 4.98 Å². The zero-order valence-corrected chi connectivity index (χ0v) is 11.5. The SMILES string of the molecule is CCCCN(C)c1ccncc1CNC(C)C. The maximum Gasteiger partial charge on any atom is 0.0440 e. The summed E-state index contributed by atoms with van der Waals surface area (Å²) in [6.45, 7) is 8.54. The topological polar surface area (TPSA) is 28.2 Å². The van der Waals surface area contributed by atoms with Gasteiger partial charge in [0.25, 0.3) is 0 Å². The standard InChI is InChI=1S/C14H25N3/c1-5-6-9-17(4)14-7-8-15-10-13(14)11-16-12(2)3/h7-8,10,12,16H,5-6,9,11H2,1-4H3. The molecule has 3 nitrogen and oxygen atoms in total. The Morgan fingerprint density at radius 3 is 2.82 bits per heavy atom. The van der Waals surface area contributed by atoms with Crippen LogP contribution in [0.1, 0.15) is 39.2 Å². The minimum absolute atomic E-state index is 0.504. The number of rotatable bonds is 7. The molecule has 0 fully saturated rings. The van der Waals surface area contributed by atoms with E-state index in [2.05, 4.69) is 49.1 Å². The monoisotopic (exact) mass is 235 g/mol. The molecule has 1 N–H and O–H groups in total. The summed E-state index contributed by atoms with van der Waals surface area (Å²) in [4.78, 5) is 6.54. The minimum atomic E-state index is 0.504. The van der Waals surface area contributed by atoms with Crippen molar-refractivity contribution in [3.05, 3.63) is 24.0 Å². The largest absolute Gasteiger partial charge is 0.374 e. The van der Waals surface area contributed by atoms with Crippen molar-refractivity contribution in [1.82, 2.24) is 10.3 Å². The summed E-state index contributed by atoms with van der Waals surface area (Å²) in [5.74, 6) is 0. The van der Waals surface area contributed by atoms with E-state index in [0.29, 0.717) is 6.04 Å². The molecular weight excluding hydrogens is 210 g/mol. The highest BCUT2D eigenvalue weighted by Crippen LogP contribution is 2.18. The van der Waals surface area contributed by atoms with E-state index in [-0.39, 0.29) is 0 Å². The minimum Gasteiger partial charge on any atom is -0.374 e. The molecule has 0 aliphatic rings. The lowest BCUT2D eigenvalue weighted by molar-refractivity contribution is 0.587. The zero-order chi connectivity index (χ0) is 12.7. The summed E-state index contributed by atoms with van der Waals surface area (Å²) in [6, 6.07) is 2.61. The molecule has 1 heterocycles. The number of unbranched alkanes of at least 4 members (excludes halogenated alkanes) is 1. The molecule has 0 saturated carbocycles. The molecule has 96 valence electrons. The number of anilines is 1. The molecule has 17 heavy (non-hydrogen) atoms. The first-order valence-electron chi connectivity index (χ1n) is 6.52. The molecule has 0 spiro atoms. The van der Waals surface area contributed by atoms with Crippen molar-refractivity contribution in [2.24, 2.45) is 0 Å². The maximum atomic E-state index is 4.22. The van der Waals surface area contributed by atoms with Crippen LogP contribution in [0.15, 0.2) is 18.5 Å². The number of nitrogens with one attached hydrogen (secondary N) is 1. The third-order valence-electron chi connectivity index (χ3n) is 2.84. The van der Waals surface area contributed by atoms with Gasteiger partial charge in [0.1, 0.15) is 0 Å². The van der Waals surface area contributed by atoms with Crippen molar-refractivity contribution in [3.63, 3.8) is 0 Å². The first kappa shape index (κ1) is 14.0. The van der Waals surface area contributed by atoms with Crippen molar-refractivity contribution in [2.75, 3.05) is 18.5 Å². The van der Waals surface area contributed by atoms with Gasteiger partial charge in [0, 0.05) is 49.8 Å². The van der Waals surface area contributed by atoms with Gasteiger partial charge in [-0.05, 0) is 12.5 Å². The second-order valence-electron chi connectivity index (χ2n) is 4.82. The Kier molecular flexibility index (Phi) is 5.98. The maximum absolute atomic E-state index is 4.22. The molecule has 0 aromatic carbocycles. The van der Waals surface area contributed by atoms with Crippen molar-refractivity contribution >= 4 is 5.69 Å². The molecule has 0 bridgehead atoms. The average molecular weight is 235 g/mol. The van der Waals surface area contributed by atoms with Crippen LogP contribution in [0.3, 0.4) is 0 Å². The van der Waals surface area contributed by atoms with Crippen LogP contribution in [-0.4, -0.2) is 24.6 Å². The van der Waals surface area contributed by atoms with E-state index in [1.807, 2.05) is 12.4 Å². The third-order valence-corrected chi connectivity index (χ3v) is 2.84. The van der Waals surface area contributed by atoms with E-state index in [0.717, 1.165) is 13.1 Å². The van der Waals surface area contributed by atoms with Gasteiger partial charge in [0.15, 0.2) is 0 Å². The summed E-state index contributed by atoms with van der Waals surface area (Å²) in [7, 11) is 2.16. The highest BCUT2D eigenvalue weighted by atomic mass is 15.1. The molecule has 3 heteroatoms. The summed E-state index contributed by atoms with van der Waals surface area (Å²) in [5.41, 5.74) is 2.57. The van der Waals surface area contributed by atoms with Gasteiger partial charge >= 0.3 is 0 Å². The number of aromatic nitrogens is 1. The van der Waals surface area contributed by atoms with Crippen LogP contribution in [0, 0.1) is 0 Å². The Labute approximate surface area is 105 Å². The molecule has 0 unspecified atom stereocenters. The van der Waals surface area contributed by atoms with E-state index in [9.17, 15) is 0 Å². The van der Waals surface area contributed by atoms with Crippen LogP contribution in [0.5, 0.6) is 0 Å². The van der Waals surface area contributed by atoms with Crippen LogP contribution in [0.25, 0.3) is 0 Å². The summed E-state index contributed by atoms with van der Waals surface area (Å²) < 4.78 is 0. The predicted molar refractivity (Wildman–Crippen MR) is 74.4 cm³/mol. The van der Waals surface area contributed by atoms with Crippen molar-refractivity contribution in [3.8, 4) is 0 Å². The van der Waals surface area contributed by atoms with E-state index >= 15 is 0 Å². The second kappa shape index (κ2) is 7.28. The fraction of sp³-hybridized carbons (Fsp3) is 0.643. The Morgan fingerprint density at radius 2 is 2.18 bits per heavy atom. The smallest absolute Gasteiger partial charge is 0.0440 e. The highest BCUT2D eigenvalue weighted by Gasteiger charge is 2.07. The van der Waals surface area contributed by atoms with Crippen LogP contribution in [0.2, 0.25) is 0 Å². The normalized spacial score (nSPS) is 10.9. The van der Waals surface area contributed by atoms with Gasteiger partial charge in [-0.2, -0.15) is 0 Å². The molecule has 1 aromatic heterocycles. The first-order chi connectivity index (χ1) is 8.15. The average Bonchev–Trinajstić information content (AvgIpc) is 2.33. The van der Waals surface area contributed by atoms with Gasteiger partial charge < -0.3 is 10.2 Å². The highest BCUT2D eigenvalue weighted by molar-refractivity contribution is 5.51. The molecule has 0 saturated heterocycles. The lowest BCUT2D eigenvalue weighted by Crippen LogP contribution is -2.25. The Balaban J connectivity index is 2.69. The fourth-order valence-electron chi connectivity index (χ4n) is 1.76. The lowest BCUT2D eigenvalue weighted by atomic mass is 10.2. The Bertz CT molecular complexity index is 323. The zero-order valence-electron chi connectivity index (χ0n) is 11.5. The number of pyridine rings is 1. The number of nitrogens with zero attached hydrogens (tertiary/aromatic N) is 2. The van der Waals surface area contributed by atoms with Crippen molar-refractivity contribution in [1.29, 1.82) is 0 Å². The lowest BCUT2D eigenvalue weighted by Gasteiger charge is -2.22. The quantitative estimate of drug-likeness (QED) is 0.787. The van der Waals surface area contributed by atoms with Crippen LogP contribution in [0.4, 0.5) is 5.69 Å². The Hall–Kier alpha value is -1.09. The van der Waals surface area contributed by atoms with Crippen LogP contribution < -0.4 is 10.2 Å². The summed E-state index contributed by atoms with van der Waals surface area (Å²) in [5, 5.41) is 3.45. The predicted octanol–water partition coefficient (Wildman–Crippen LogP) is 2.82. The van der Waals surface area contributed by atoms with E-state index in [4.69, 9.17) is 0 Å². The molecule has 1 aromatic rings. The molecule has 1 rings (SSSR count). The van der Waals surface area contributed by atoms with Crippen LogP contribution >= 0.6 is 0 Å². The van der Waals surface area contributed by atoms with Crippen LogP contribution in [-0.2, 0) is 6.54 Å². The van der Waals surface area contributed by atoms with Gasteiger partial charge in [0.05, 0.1) is 0 Å². The van der Waals surface area contributed by atoms with Crippen molar-refractivity contribution in [2.45, 2.75) is 46.2 Å². The summed E-state index contributed by atoms with van der Waals surface area (Å²) >= 11 is 0. The molecule has 0 atom stereocenters. The van der Waals surface area contributed by atoms with Gasteiger partial charge in [-0.25, -0.2) is 0 Å². The molecule has 0 aliphatic heterocycles. The van der Waals surface area contributed by atoms with E-state index in [1.54, 1.807) is 0 Å². The van der Waals surface area contributed by atoms with Gasteiger partial charge in [0.2, 0.25) is 0 Å². The van der Waals surface area contributed by atoms with E-state index < -0.39 is 0 Å². The molecule has 0 aliphatic carbocycles. The third kappa shape index (κ3) is 4.73. The molecule has 0 radical (unpaired) electrons. The number of hydrogen-bond donors (Lipinski definition) is 1. The van der Waals surface area contributed by atoms with E-state index in [1.165, 1.54) is 24.1 Å². The summed E-state index contributed by atoms with van der Waals surface area (Å²) in [6.07, 6.45) is 6.30. The first-order valence-corrected chi connectivity index (χ1v) is 6.52. The van der Waals surface area contributed by atoms with Crippen molar-refractivity contribution < 1.29 is 0 Å². The molecule has 0 amide bonds. The molecular formula is C14H25N3. The second-order valence-corrected chi connectivity index (χ2v) is 4.82. The fourth-order valence-corrected chi connectivity index (χ4v) is 1.76. The number of hydrogen-bond acceptors (Lipinski definition) is 3. The Morgan fingerprint density at radius 1 is 1.41 bits per heavy atom.